The van der Waals surface area contributed by atoms with Crippen molar-refractivity contribution in [3.05, 3.63) is 20.8 Å². The quantitative estimate of drug-likeness (QED) is 0.626. The molecule has 0 aliphatic carbocycles. The van der Waals surface area contributed by atoms with Gasteiger partial charge in [-0.3, -0.25) is 0 Å². The molecule has 1 rings (SSSR count). The van der Waals surface area contributed by atoms with Gasteiger partial charge in [0.15, 0.2) is 0 Å². The van der Waals surface area contributed by atoms with Gasteiger partial charge in [0.25, 0.3) is 0 Å². The lowest BCUT2D eigenvalue weighted by Crippen LogP contribution is -1.67. The van der Waals surface area contributed by atoms with E-state index in [1.807, 2.05) is 10.8 Å². The molecule has 44 valence electrons. The van der Waals surface area contributed by atoms with E-state index in [2.05, 4.69) is 15.9 Å². The van der Waals surface area contributed by atoms with Crippen LogP contribution in [0.4, 0.5) is 0 Å². The Bertz CT molecular complexity index is 173. The fraction of sp³-hybridized carbons (Fsp3) is 0.200. The molecule has 0 spiro atoms. The molecule has 1 aromatic heterocycles. The molecule has 1 aromatic rings. The number of hydrogen-bond acceptors (Lipinski definition) is 1. The van der Waals surface area contributed by atoms with E-state index < -0.39 is 0 Å². The van der Waals surface area contributed by atoms with E-state index in [4.69, 9.17) is 11.6 Å². The van der Waals surface area contributed by atoms with Gasteiger partial charge in [0.2, 0.25) is 0 Å². The Hall–Kier alpha value is 0.470. The molecule has 0 bridgehead atoms. The molecule has 0 atom stereocenters. The van der Waals surface area contributed by atoms with Gasteiger partial charge in [-0.25, -0.2) is 0 Å². The molecule has 0 unspecified atom stereocenters. The second-order valence-corrected chi connectivity index (χ2v) is 3.24. The Kier molecular flexibility index (Phi) is 2.35. The summed E-state index contributed by atoms with van der Waals surface area (Å²) in [5, 5.41) is 4.06. The Balaban J connectivity index is 2.92. The third-order valence-corrected chi connectivity index (χ3v) is 2.95. The maximum atomic E-state index is 5.55. The van der Waals surface area contributed by atoms with Gasteiger partial charge in [0.05, 0.1) is 0 Å². The average Bonchev–Trinajstić information content (AvgIpc) is 2.14. The largest absolute Gasteiger partial charge is 0.151 e. The standard InChI is InChI=1S/C5H4BrClS/c6-5-3-8-2-4(5)1-7/h2-3H,1H2. The molecule has 0 saturated heterocycles. The van der Waals surface area contributed by atoms with Crippen molar-refractivity contribution in [2.75, 3.05) is 0 Å². The first-order valence-electron chi connectivity index (χ1n) is 2.11. The predicted octanol–water partition coefficient (Wildman–Crippen LogP) is 3.25. The molecular formula is C5H4BrClS. The van der Waals surface area contributed by atoms with Crippen molar-refractivity contribution in [2.24, 2.45) is 0 Å². The minimum Gasteiger partial charge on any atom is -0.151 e. The smallest absolute Gasteiger partial charge is 0.0493 e. The van der Waals surface area contributed by atoms with Gasteiger partial charge in [-0.2, -0.15) is 11.3 Å². The van der Waals surface area contributed by atoms with Crippen LogP contribution in [0.25, 0.3) is 0 Å². The van der Waals surface area contributed by atoms with E-state index in [0.29, 0.717) is 5.88 Å². The van der Waals surface area contributed by atoms with Crippen LogP contribution in [0, 0.1) is 0 Å². The highest BCUT2D eigenvalue weighted by atomic mass is 79.9. The van der Waals surface area contributed by atoms with E-state index in [1.54, 1.807) is 11.3 Å². The van der Waals surface area contributed by atoms with Gasteiger partial charge in [-0.1, -0.05) is 0 Å². The highest BCUT2D eigenvalue weighted by Gasteiger charge is 1.95. The van der Waals surface area contributed by atoms with Crippen molar-refractivity contribution >= 4 is 38.9 Å². The zero-order chi connectivity index (χ0) is 5.98. The molecule has 8 heavy (non-hydrogen) atoms. The summed E-state index contributed by atoms with van der Waals surface area (Å²) in [6.45, 7) is 0. The van der Waals surface area contributed by atoms with Crippen molar-refractivity contribution in [1.82, 2.24) is 0 Å². The topological polar surface area (TPSA) is 0 Å². The van der Waals surface area contributed by atoms with E-state index in [9.17, 15) is 0 Å². The molecular weight excluding hydrogens is 207 g/mol. The first-order chi connectivity index (χ1) is 3.84. The summed E-state index contributed by atoms with van der Waals surface area (Å²) in [5.74, 6) is 0.601. The number of halogens is 2. The highest BCUT2D eigenvalue weighted by molar-refractivity contribution is 9.10. The van der Waals surface area contributed by atoms with Gasteiger partial charge in [-0.15, -0.1) is 11.6 Å². The molecule has 0 nitrogen and oxygen atoms in total. The minimum absolute atomic E-state index is 0.601. The van der Waals surface area contributed by atoms with E-state index in [-0.39, 0.29) is 0 Å². The van der Waals surface area contributed by atoms with Crippen LogP contribution in [0.2, 0.25) is 0 Å². The normalized spacial score (nSPS) is 9.75. The van der Waals surface area contributed by atoms with Gasteiger partial charge < -0.3 is 0 Å². The summed E-state index contributed by atoms with van der Waals surface area (Å²) in [4.78, 5) is 0. The lowest BCUT2D eigenvalue weighted by molar-refractivity contribution is 1.43. The summed E-state index contributed by atoms with van der Waals surface area (Å²) >= 11 is 10.6. The summed E-state index contributed by atoms with van der Waals surface area (Å²) < 4.78 is 1.12. The third-order valence-electron chi connectivity index (χ3n) is 0.833. The number of thiophene rings is 1. The van der Waals surface area contributed by atoms with Crippen LogP contribution in [0.1, 0.15) is 5.56 Å². The van der Waals surface area contributed by atoms with Crippen LogP contribution in [0.3, 0.4) is 0 Å². The number of rotatable bonds is 1. The lowest BCUT2D eigenvalue weighted by Gasteiger charge is -1.84. The summed E-state index contributed by atoms with van der Waals surface area (Å²) in [5.41, 5.74) is 1.18. The van der Waals surface area contributed by atoms with Crippen LogP contribution in [0.5, 0.6) is 0 Å². The molecule has 1 heterocycles. The number of alkyl halides is 1. The maximum absolute atomic E-state index is 5.55. The summed E-state index contributed by atoms with van der Waals surface area (Å²) in [6, 6.07) is 0. The van der Waals surface area contributed by atoms with Gasteiger partial charge in [-0.05, 0) is 26.9 Å². The molecule has 0 aliphatic rings. The Morgan fingerprint density at radius 1 is 1.62 bits per heavy atom. The SMILES string of the molecule is ClCc1cscc1Br. The van der Waals surface area contributed by atoms with Crippen LogP contribution in [-0.2, 0) is 5.88 Å². The zero-order valence-corrected chi connectivity index (χ0v) is 7.18. The van der Waals surface area contributed by atoms with Crippen LogP contribution in [0.15, 0.2) is 15.2 Å². The first-order valence-corrected chi connectivity index (χ1v) is 4.38. The third kappa shape index (κ3) is 1.24. The molecule has 0 saturated carbocycles. The van der Waals surface area contributed by atoms with Crippen molar-refractivity contribution in [2.45, 2.75) is 5.88 Å². The Morgan fingerprint density at radius 3 is 2.62 bits per heavy atom. The first kappa shape index (κ1) is 6.59. The van der Waals surface area contributed by atoms with Crippen LogP contribution in [-0.4, -0.2) is 0 Å². The maximum Gasteiger partial charge on any atom is 0.0493 e. The van der Waals surface area contributed by atoms with Gasteiger partial charge >= 0.3 is 0 Å². The van der Waals surface area contributed by atoms with Crippen molar-refractivity contribution in [3.63, 3.8) is 0 Å². The lowest BCUT2D eigenvalue weighted by atomic mass is 10.4. The molecule has 0 N–H and O–H groups in total. The van der Waals surface area contributed by atoms with Gasteiger partial charge in [0, 0.05) is 15.7 Å². The van der Waals surface area contributed by atoms with Crippen LogP contribution >= 0.6 is 38.9 Å². The Morgan fingerprint density at radius 2 is 2.38 bits per heavy atom. The second-order valence-electron chi connectivity index (χ2n) is 1.38. The van der Waals surface area contributed by atoms with Crippen molar-refractivity contribution in [3.8, 4) is 0 Å². The monoisotopic (exact) mass is 210 g/mol. The predicted molar refractivity (Wildman–Crippen MR) is 41.6 cm³/mol. The fourth-order valence-corrected chi connectivity index (χ4v) is 2.32. The van der Waals surface area contributed by atoms with Gasteiger partial charge in [0.1, 0.15) is 0 Å². The molecule has 3 heteroatoms. The molecule has 0 amide bonds. The number of hydrogen-bond donors (Lipinski definition) is 0. The summed E-state index contributed by atoms with van der Waals surface area (Å²) in [6.07, 6.45) is 0. The summed E-state index contributed by atoms with van der Waals surface area (Å²) in [7, 11) is 0. The Labute approximate surface area is 65.6 Å². The molecule has 0 radical (unpaired) electrons. The van der Waals surface area contributed by atoms with E-state index >= 15 is 0 Å². The van der Waals surface area contributed by atoms with Crippen LogP contribution < -0.4 is 0 Å². The molecule has 0 aliphatic heterocycles. The minimum atomic E-state index is 0.601. The van der Waals surface area contributed by atoms with E-state index in [0.717, 1.165) is 4.47 Å². The highest BCUT2D eigenvalue weighted by Crippen LogP contribution is 2.22. The van der Waals surface area contributed by atoms with Crippen molar-refractivity contribution < 1.29 is 0 Å². The van der Waals surface area contributed by atoms with Crippen molar-refractivity contribution in [1.29, 1.82) is 0 Å². The second kappa shape index (κ2) is 2.85. The molecule has 0 fully saturated rings. The molecule has 0 aromatic carbocycles. The average molecular weight is 212 g/mol. The fourth-order valence-electron chi connectivity index (χ4n) is 0.403. The zero-order valence-electron chi connectivity index (χ0n) is 4.03. The van der Waals surface area contributed by atoms with E-state index in [1.165, 1.54) is 5.56 Å².